The Kier molecular flexibility index (Phi) is 20.2. The van der Waals surface area contributed by atoms with Crippen molar-refractivity contribution in [3.63, 3.8) is 0 Å². The van der Waals surface area contributed by atoms with E-state index in [0.717, 1.165) is 104 Å². The van der Waals surface area contributed by atoms with Gasteiger partial charge in [0.25, 0.3) is 0 Å². The summed E-state index contributed by atoms with van der Waals surface area (Å²) < 4.78 is 12.6. The first-order chi connectivity index (χ1) is 38.0. The molecule has 0 spiro atoms. The molecular formula is C60H80N10O8S. The number of ether oxygens (including phenoxy) is 2. The maximum absolute atomic E-state index is 14.1. The molecule has 19 heteroatoms. The van der Waals surface area contributed by atoms with Gasteiger partial charge in [-0.3, -0.25) is 24.1 Å². The number of thiazole rings is 1. The van der Waals surface area contributed by atoms with E-state index in [2.05, 4.69) is 47.7 Å². The molecular weight excluding hydrogens is 1020 g/mol. The Hall–Kier alpha value is -6.83. The van der Waals surface area contributed by atoms with Crippen molar-refractivity contribution < 1.29 is 38.9 Å². The summed E-state index contributed by atoms with van der Waals surface area (Å²) in [6.45, 7) is 15.4. The number of para-hydroxylation sites is 1. The van der Waals surface area contributed by atoms with Gasteiger partial charge >= 0.3 is 0 Å². The van der Waals surface area contributed by atoms with E-state index >= 15 is 0 Å². The number of phenolic OH excluding ortho intramolecular Hbond substituents is 1. The van der Waals surface area contributed by atoms with Crippen LogP contribution >= 0.6 is 11.3 Å². The summed E-state index contributed by atoms with van der Waals surface area (Å²) in [5, 5.41) is 35.3. The lowest BCUT2D eigenvalue weighted by atomic mass is 9.85. The zero-order valence-electron chi connectivity index (χ0n) is 46.6. The smallest absolute Gasteiger partial charge is 0.246 e. The number of benzene rings is 3. The number of β-amino-alcohol motifs (C(OH)–C–C–N with tert-alkyl or cyclic N) is 1. The second-order valence-corrected chi connectivity index (χ2v) is 23.3. The molecule has 0 radical (unpaired) electrons. The van der Waals surface area contributed by atoms with E-state index in [1.165, 1.54) is 4.90 Å². The third kappa shape index (κ3) is 15.9. The Morgan fingerprint density at radius 1 is 0.861 bits per heavy atom. The number of carbonyl (C=O) groups is 4. The maximum atomic E-state index is 14.1. The molecule has 4 amide bonds. The summed E-state index contributed by atoms with van der Waals surface area (Å²) in [5.41, 5.74) is 12.4. The zero-order chi connectivity index (χ0) is 56.1. The topological polar surface area (TPSA) is 229 Å². The van der Waals surface area contributed by atoms with E-state index in [1.807, 2.05) is 87.5 Å². The number of aryl methyl sites for hydroxylation is 1. The third-order valence-corrected chi connectivity index (χ3v) is 16.3. The number of amides is 4. The van der Waals surface area contributed by atoms with Crippen LogP contribution in [0, 0.1) is 12.3 Å². The highest BCUT2D eigenvalue weighted by Crippen LogP contribution is 2.34. The number of unbranched alkanes of at least 4 members (excludes halogenated alkanes) is 5. The molecule has 5 atom stereocenters. The monoisotopic (exact) mass is 1100 g/mol. The second-order valence-electron chi connectivity index (χ2n) is 22.4. The first-order valence-corrected chi connectivity index (χ1v) is 29.0. The molecule has 6 N–H and O–H groups in total. The van der Waals surface area contributed by atoms with Crippen LogP contribution in [0.4, 0.5) is 11.5 Å². The predicted molar refractivity (Wildman–Crippen MR) is 308 cm³/mol. The van der Waals surface area contributed by atoms with Crippen LogP contribution in [-0.2, 0) is 19.2 Å². The van der Waals surface area contributed by atoms with E-state index in [9.17, 15) is 29.4 Å². The van der Waals surface area contributed by atoms with Crippen molar-refractivity contribution in [2.24, 2.45) is 5.41 Å². The average molecular weight is 1100 g/mol. The summed E-state index contributed by atoms with van der Waals surface area (Å²) in [7, 11) is 0. The number of aliphatic hydroxyl groups is 1. The minimum absolute atomic E-state index is 0.0177. The highest BCUT2D eigenvalue weighted by molar-refractivity contribution is 7.13. The normalized spacial score (nSPS) is 18.7. The molecule has 3 aliphatic heterocycles. The molecule has 424 valence electrons. The van der Waals surface area contributed by atoms with Crippen molar-refractivity contribution in [2.45, 2.75) is 136 Å². The van der Waals surface area contributed by atoms with Gasteiger partial charge in [0.15, 0.2) is 11.6 Å². The largest absolute Gasteiger partial charge is 0.507 e. The number of aliphatic hydroxyl groups excluding tert-OH is 1. The van der Waals surface area contributed by atoms with Crippen LogP contribution in [0.15, 0.2) is 84.4 Å². The van der Waals surface area contributed by atoms with E-state index in [-0.39, 0.29) is 66.7 Å². The van der Waals surface area contributed by atoms with Crippen molar-refractivity contribution in [2.75, 3.05) is 69.6 Å². The minimum atomic E-state index is -0.874. The van der Waals surface area contributed by atoms with Gasteiger partial charge < -0.3 is 50.8 Å². The highest BCUT2D eigenvalue weighted by atomic mass is 32.1. The Morgan fingerprint density at radius 2 is 1.59 bits per heavy atom. The molecule has 8 rings (SSSR count). The highest BCUT2D eigenvalue weighted by Gasteiger charge is 2.45. The van der Waals surface area contributed by atoms with Gasteiger partial charge in [0.05, 0.1) is 34.8 Å². The fraction of sp³-hybridized carbons (Fsp3) is 0.517. The Labute approximate surface area is 469 Å². The lowest BCUT2D eigenvalue weighted by Crippen LogP contribution is -2.57. The second kappa shape index (κ2) is 27.4. The van der Waals surface area contributed by atoms with Crippen molar-refractivity contribution in [1.29, 1.82) is 0 Å². The number of aromatic nitrogens is 3. The predicted octanol–water partition coefficient (Wildman–Crippen LogP) is 7.93. The van der Waals surface area contributed by atoms with Gasteiger partial charge in [0, 0.05) is 88.5 Å². The van der Waals surface area contributed by atoms with Crippen LogP contribution < -0.4 is 30.7 Å². The lowest BCUT2D eigenvalue weighted by Gasteiger charge is -2.35. The minimum Gasteiger partial charge on any atom is -0.507 e. The molecule has 18 nitrogen and oxygen atoms in total. The van der Waals surface area contributed by atoms with Gasteiger partial charge in [-0.1, -0.05) is 88.9 Å². The number of hydrogen-bond acceptors (Lipinski definition) is 15. The quantitative estimate of drug-likeness (QED) is 0.0392. The van der Waals surface area contributed by atoms with Crippen LogP contribution in [-0.4, -0.2) is 147 Å². The number of likely N-dealkylation sites (tertiary alicyclic amines) is 1. The maximum Gasteiger partial charge on any atom is 0.246 e. The summed E-state index contributed by atoms with van der Waals surface area (Å²) in [5.74, 6) is 0.834. The Balaban J connectivity index is 0.679. The van der Waals surface area contributed by atoms with Gasteiger partial charge in [0.2, 0.25) is 23.6 Å². The third-order valence-electron chi connectivity index (χ3n) is 15.3. The van der Waals surface area contributed by atoms with Gasteiger partial charge in [-0.2, -0.15) is 0 Å². The number of phenols is 1. The van der Waals surface area contributed by atoms with Crippen LogP contribution in [0.1, 0.15) is 116 Å². The number of piperazine rings is 1. The van der Waals surface area contributed by atoms with Crippen molar-refractivity contribution in [1.82, 2.24) is 40.5 Å². The van der Waals surface area contributed by atoms with Crippen LogP contribution in [0.3, 0.4) is 0 Å². The van der Waals surface area contributed by atoms with Crippen LogP contribution in [0.2, 0.25) is 0 Å². The van der Waals surface area contributed by atoms with Crippen LogP contribution in [0.25, 0.3) is 21.7 Å². The Morgan fingerprint density at radius 3 is 2.32 bits per heavy atom. The fourth-order valence-electron chi connectivity index (χ4n) is 10.7. The number of rotatable bonds is 23. The SMILES string of the molecule is Cc1ncsc1-c1ccc([C@H](C)NC(=O)[C@@H]2C[C@@H](O)CN2C(=O)C(NC(=O)CCCCCCCCC(=O)N2CCN(CCOc3cccc(N4CCCC(Oc5cc(-c6ccccc6O)nnc5N)C4)c3)CC2)C(C)(C)C)cc1. The molecule has 0 saturated carbocycles. The molecule has 0 bridgehead atoms. The number of carbonyl (C=O) groups excluding carboxylic acids is 4. The molecule has 3 aliphatic rings. The van der Waals surface area contributed by atoms with Gasteiger partial charge in [0.1, 0.15) is 42.0 Å². The number of nitrogens with two attached hydrogens (primary N) is 1. The number of nitrogens with zero attached hydrogens (tertiary/aromatic N) is 7. The van der Waals surface area contributed by atoms with Gasteiger partial charge in [-0.05, 0) is 80.3 Å². The summed E-state index contributed by atoms with van der Waals surface area (Å²) >= 11 is 1.58. The van der Waals surface area contributed by atoms with E-state index in [4.69, 9.17) is 15.2 Å². The summed E-state index contributed by atoms with van der Waals surface area (Å²) in [6.07, 6.45) is 7.01. The molecule has 5 heterocycles. The van der Waals surface area contributed by atoms with Crippen molar-refractivity contribution in [3.8, 4) is 38.9 Å². The number of aromatic hydroxyl groups is 1. The Bertz CT molecular complexity index is 2830. The molecule has 5 aromatic rings. The number of piperidine rings is 1. The fourth-order valence-corrected chi connectivity index (χ4v) is 11.5. The standard InChI is InChI=1S/C60H80N10O8S/c1-40(42-23-25-43(26-24-42)55-41(2)62-39-79-55)63-58(75)50-35-45(71)37-70(50)59(76)56(60(3,4)5)64-53(73)21-10-8-6-7-9-11-22-54(74)68-30-28-67(29-31-68)32-33-77-46-17-14-16-44(34-46)69-27-15-18-47(38-69)78-52-36-49(65-66-57(52)61)48-19-12-13-20-51(48)72/h12-14,16-17,19-20,23-26,34,36,39-40,45,47,50,56,71-72H,6-11,15,18,21-22,27-33,35,37-38H2,1-5H3,(H2,61,66)(H,63,75)(H,64,73)/t40-,45+,47?,50-,56?/m0/s1. The number of anilines is 2. The average Bonchev–Trinajstić information content (AvgIpc) is 4.23. The van der Waals surface area contributed by atoms with Crippen molar-refractivity contribution in [3.05, 3.63) is 95.6 Å². The molecule has 3 fully saturated rings. The summed E-state index contributed by atoms with van der Waals surface area (Å²) in [4.78, 5) is 67.7. The molecule has 0 aliphatic carbocycles. The van der Waals surface area contributed by atoms with Gasteiger partial charge in [-0.25, -0.2) is 4.98 Å². The number of nitrogens with one attached hydrogen (secondary N) is 2. The van der Waals surface area contributed by atoms with E-state index in [0.29, 0.717) is 56.1 Å². The molecule has 2 unspecified atom stereocenters. The number of hydrogen-bond donors (Lipinski definition) is 5. The van der Waals surface area contributed by atoms with E-state index < -0.39 is 23.6 Å². The first-order valence-electron chi connectivity index (χ1n) is 28.2. The lowest BCUT2D eigenvalue weighted by molar-refractivity contribution is -0.144. The van der Waals surface area contributed by atoms with Gasteiger partial charge in [-0.15, -0.1) is 21.5 Å². The van der Waals surface area contributed by atoms with Crippen molar-refractivity contribution >= 4 is 46.5 Å². The molecule has 2 aromatic heterocycles. The molecule has 3 aromatic carbocycles. The summed E-state index contributed by atoms with van der Waals surface area (Å²) in [6, 6.07) is 22.8. The molecule has 3 saturated heterocycles. The zero-order valence-corrected chi connectivity index (χ0v) is 47.4. The van der Waals surface area contributed by atoms with Crippen LogP contribution in [0.5, 0.6) is 17.2 Å². The number of nitrogen functional groups attached to an aromatic ring is 1. The molecule has 79 heavy (non-hydrogen) atoms. The first kappa shape index (κ1) is 58.3. The van der Waals surface area contributed by atoms with E-state index in [1.54, 1.807) is 35.6 Å².